The molecule has 0 aromatic heterocycles. The van der Waals surface area contributed by atoms with E-state index in [2.05, 4.69) is 26.3 Å². The predicted molar refractivity (Wildman–Crippen MR) is 216 cm³/mol. The van der Waals surface area contributed by atoms with E-state index in [1.54, 1.807) is 48.5 Å². The molecule has 5 rings (SSSR count). The Morgan fingerprint density at radius 3 is 1.20 bits per heavy atom. The van der Waals surface area contributed by atoms with Crippen molar-refractivity contribution in [2.75, 3.05) is 26.4 Å². The van der Waals surface area contributed by atoms with Gasteiger partial charge in [-0.25, -0.2) is 28.8 Å². The van der Waals surface area contributed by atoms with Crippen LogP contribution in [0.25, 0.3) is 11.1 Å². The minimum Gasteiger partial charge on any atom is -0.490 e. The average Bonchev–Trinajstić information content (AvgIpc) is 3.54. The molecule has 1 aliphatic carbocycles. The van der Waals surface area contributed by atoms with Gasteiger partial charge in [0.15, 0.2) is 12.2 Å². The highest BCUT2D eigenvalue weighted by Crippen LogP contribution is 2.47. The molecule has 0 fully saturated rings. The van der Waals surface area contributed by atoms with Crippen LogP contribution in [0.4, 0.5) is 0 Å². The normalized spacial score (nSPS) is 13.1. The van der Waals surface area contributed by atoms with Crippen molar-refractivity contribution in [1.82, 2.24) is 0 Å². The van der Waals surface area contributed by atoms with Crippen LogP contribution in [0.1, 0.15) is 44.7 Å². The number of hydrogen-bond acceptors (Lipinski definition) is 14. The average molecular weight is 817 g/mol. The maximum atomic E-state index is 13.1. The zero-order valence-corrected chi connectivity index (χ0v) is 32.5. The van der Waals surface area contributed by atoms with Gasteiger partial charge in [0.25, 0.3) is 0 Å². The molecule has 14 nitrogen and oxygen atoms in total. The Bertz CT molecular complexity index is 2130. The summed E-state index contributed by atoms with van der Waals surface area (Å²) in [7, 11) is 0. The fraction of sp³-hybridized carbons (Fsp3) is 0.174. The first-order valence-electron chi connectivity index (χ1n) is 18.3. The molecule has 0 saturated heterocycles. The molecule has 4 aromatic rings. The fourth-order valence-electron chi connectivity index (χ4n) is 5.79. The van der Waals surface area contributed by atoms with Gasteiger partial charge in [-0.1, -0.05) is 45.4 Å². The van der Waals surface area contributed by atoms with Crippen LogP contribution in [0.2, 0.25) is 0 Å². The standard InChI is InChI=1S/C46H40O14/c1-6-41(47)55-26-35(57-43(49)8-3)24-53-31-14-10-29(11-15-31)45(51)59-33-18-20-37-38-21-19-34(23-40(38)28(5)39(37)22-33)60-46(52)30-12-16-32(17-13-30)54-25-36(58-44(50)9-4)27-56-42(48)7-2/h6-23,28,35-36H,1-4,24-27H2,5H3. The van der Waals surface area contributed by atoms with Crippen molar-refractivity contribution in [2.24, 2.45) is 0 Å². The minimum atomic E-state index is -0.916. The lowest BCUT2D eigenvalue weighted by Crippen LogP contribution is -2.30. The first-order chi connectivity index (χ1) is 28.9. The molecular weight excluding hydrogens is 776 g/mol. The Balaban J connectivity index is 1.15. The zero-order valence-electron chi connectivity index (χ0n) is 32.5. The third kappa shape index (κ3) is 11.7. The van der Waals surface area contributed by atoms with Crippen LogP contribution in [0, 0.1) is 0 Å². The Kier molecular flexibility index (Phi) is 14.9. The molecule has 308 valence electrons. The number of carbonyl (C=O) groups is 6. The lowest BCUT2D eigenvalue weighted by molar-refractivity contribution is -0.154. The van der Waals surface area contributed by atoms with Crippen LogP contribution in [-0.4, -0.2) is 74.5 Å². The van der Waals surface area contributed by atoms with Crippen molar-refractivity contribution >= 4 is 35.8 Å². The summed E-state index contributed by atoms with van der Waals surface area (Å²) in [6, 6.07) is 23.0. The van der Waals surface area contributed by atoms with Crippen LogP contribution >= 0.6 is 0 Å². The molecule has 0 saturated carbocycles. The monoisotopic (exact) mass is 816 g/mol. The predicted octanol–water partition coefficient (Wildman–Crippen LogP) is 6.67. The van der Waals surface area contributed by atoms with Gasteiger partial charge in [-0.15, -0.1) is 0 Å². The second-order valence-corrected chi connectivity index (χ2v) is 12.9. The summed E-state index contributed by atoms with van der Waals surface area (Å²) >= 11 is 0. The van der Waals surface area contributed by atoms with Gasteiger partial charge in [0.2, 0.25) is 0 Å². The maximum absolute atomic E-state index is 13.1. The summed E-state index contributed by atoms with van der Waals surface area (Å²) in [6.07, 6.45) is 2.09. The maximum Gasteiger partial charge on any atom is 0.343 e. The molecule has 1 aliphatic rings. The molecule has 0 radical (unpaired) electrons. The van der Waals surface area contributed by atoms with E-state index in [0.717, 1.165) is 46.6 Å². The molecule has 0 N–H and O–H groups in total. The van der Waals surface area contributed by atoms with Crippen molar-refractivity contribution in [1.29, 1.82) is 0 Å². The Morgan fingerprint density at radius 2 is 0.850 bits per heavy atom. The van der Waals surface area contributed by atoms with E-state index in [0.29, 0.717) is 23.0 Å². The Labute approximate surface area is 345 Å². The molecule has 14 heteroatoms. The quantitative estimate of drug-likeness (QED) is 0.0400. The van der Waals surface area contributed by atoms with Crippen LogP contribution in [-0.2, 0) is 38.1 Å². The fourth-order valence-corrected chi connectivity index (χ4v) is 5.79. The van der Waals surface area contributed by atoms with Gasteiger partial charge < -0.3 is 37.9 Å². The highest BCUT2D eigenvalue weighted by molar-refractivity contribution is 5.92. The van der Waals surface area contributed by atoms with Crippen molar-refractivity contribution in [3.63, 3.8) is 0 Å². The number of ether oxygens (including phenoxy) is 8. The van der Waals surface area contributed by atoms with Gasteiger partial charge in [-0.05, 0) is 95.1 Å². The summed E-state index contributed by atoms with van der Waals surface area (Å²) in [5, 5.41) is 0. The van der Waals surface area contributed by atoms with Gasteiger partial charge >= 0.3 is 35.8 Å². The van der Waals surface area contributed by atoms with E-state index in [1.165, 1.54) is 24.3 Å². The second kappa shape index (κ2) is 20.6. The third-order valence-electron chi connectivity index (χ3n) is 8.80. The third-order valence-corrected chi connectivity index (χ3v) is 8.80. The SMILES string of the molecule is C=CC(=O)OCC(COc1ccc(C(=O)Oc2ccc3c(c2)C(C)c2cc(OC(=O)c4ccc(OCC(COC(=O)C=C)OC(=O)C=C)cc4)ccc2-3)cc1)OC(=O)C=C. The molecule has 0 heterocycles. The Morgan fingerprint density at radius 1 is 0.500 bits per heavy atom. The summed E-state index contributed by atoms with van der Waals surface area (Å²) in [5.74, 6) is -2.72. The topological polar surface area (TPSA) is 176 Å². The van der Waals surface area contributed by atoms with Gasteiger partial charge in [0.05, 0.1) is 11.1 Å². The highest BCUT2D eigenvalue weighted by Gasteiger charge is 2.27. The van der Waals surface area contributed by atoms with E-state index in [4.69, 9.17) is 37.9 Å². The van der Waals surface area contributed by atoms with Crippen molar-refractivity contribution in [3.05, 3.63) is 158 Å². The molecule has 2 unspecified atom stereocenters. The highest BCUT2D eigenvalue weighted by atomic mass is 16.6. The molecular formula is C46H40O14. The van der Waals surface area contributed by atoms with Gasteiger partial charge in [0.1, 0.15) is 49.4 Å². The molecule has 2 atom stereocenters. The molecule has 0 amide bonds. The second-order valence-electron chi connectivity index (χ2n) is 12.9. The van der Waals surface area contributed by atoms with Crippen LogP contribution in [0.3, 0.4) is 0 Å². The van der Waals surface area contributed by atoms with E-state index in [1.807, 2.05) is 19.1 Å². The molecule has 0 spiro atoms. The van der Waals surface area contributed by atoms with E-state index < -0.39 is 48.0 Å². The number of carbonyl (C=O) groups excluding carboxylic acids is 6. The van der Waals surface area contributed by atoms with E-state index in [9.17, 15) is 28.8 Å². The largest absolute Gasteiger partial charge is 0.490 e. The first-order valence-corrected chi connectivity index (χ1v) is 18.3. The number of fused-ring (bicyclic) bond motifs is 3. The first kappa shape index (κ1) is 43.4. The van der Waals surface area contributed by atoms with Crippen LogP contribution in [0.15, 0.2) is 136 Å². The molecule has 4 aromatic carbocycles. The minimum absolute atomic E-state index is 0.120. The lowest BCUT2D eigenvalue weighted by atomic mass is 9.99. The molecule has 60 heavy (non-hydrogen) atoms. The van der Waals surface area contributed by atoms with Gasteiger partial charge in [-0.2, -0.15) is 0 Å². The Hall–Kier alpha value is -7.74. The summed E-state index contributed by atoms with van der Waals surface area (Å²) in [4.78, 5) is 72.4. The van der Waals surface area contributed by atoms with Gasteiger partial charge in [-0.3, -0.25) is 0 Å². The smallest absolute Gasteiger partial charge is 0.343 e. The summed E-state index contributed by atoms with van der Waals surface area (Å²) < 4.78 is 43.0. The number of rotatable bonds is 20. The van der Waals surface area contributed by atoms with Crippen molar-refractivity contribution < 1.29 is 66.7 Å². The zero-order chi connectivity index (χ0) is 43.2. The number of esters is 6. The number of benzene rings is 4. The van der Waals surface area contributed by atoms with Crippen molar-refractivity contribution in [2.45, 2.75) is 25.0 Å². The van der Waals surface area contributed by atoms with Gasteiger partial charge in [0, 0.05) is 30.2 Å². The summed E-state index contributed by atoms with van der Waals surface area (Å²) in [6.45, 7) is 14.6. The van der Waals surface area contributed by atoms with E-state index >= 15 is 0 Å². The number of hydrogen-bond donors (Lipinski definition) is 0. The summed E-state index contributed by atoms with van der Waals surface area (Å²) in [5.41, 5.74) is 4.25. The van der Waals surface area contributed by atoms with Crippen LogP contribution in [0.5, 0.6) is 23.0 Å². The van der Waals surface area contributed by atoms with E-state index in [-0.39, 0.29) is 43.5 Å². The van der Waals surface area contributed by atoms with Crippen molar-refractivity contribution in [3.8, 4) is 34.1 Å². The molecule has 0 aliphatic heterocycles. The molecule has 0 bridgehead atoms. The van der Waals surface area contributed by atoms with Crippen LogP contribution < -0.4 is 18.9 Å². The lowest BCUT2D eigenvalue weighted by Gasteiger charge is -2.17.